The fourth-order valence-corrected chi connectivity index (χ4v) is 3.19. The molecule has 1 aromatic rings. The van der Waals surface area contributed by atoms with Crippen molar-refractivity contribution in [2.24, 2.45) is 11.3 Å². The molecule has 1 aromatic heterocycles. The lowest BCUT2D eigenvalue weighted by Gasteiger charge is -2.30. The molecule has 0 saturated heterocycles. The van der Waals surface area contributed by atoms with E-state index in [0.717, 1.165) is 31.4 Å². The lowest BCUT2D eigenvalue weighted by Crippen LogP contribution is -2.29. The van der Waals surface area contributed by atoms with Crippen LogP contribution in [0.15, 0.2) is 12.1 Å². The SMILES string of the molecule is CC1(C)CCc2ccc(C(=O)NCC[C@@H](O)C3CC3)nc2C1. The van der Waals surface area contributed by atoms with Gasteiger partial charge in [-0.3, -0.25) is 4.79 Å². The first kappa shape index (κ1) is 15.5. The van der Waals surface area contributed by atoms with Crippen LogP contribution < -0.4 is 5.32 Å². The summed E-state index contributed by atoms with van der Waals surface area (Å²) in [6, 6.07) is 3.87. The van der Waals surface area contributed by atoms with E-state index in [0.29, 0.717) is 24.6 Å². The smallest absolute Gasteiger partial charge is 0.269 e. The Balaban J connectivity index is 1.58. The van der Waals surface area contributed by atoms with Crippen molar-refractivity contribution in [3.63, 3.8) is 0 Å². The third-order valence-electron chi connectivity index (χ3n) is 4.91. The van der Waals surface area contributed by atoms with Gasteiger partial charge in [-0.1, -0.05) is 19.9 Å². The van der Waals surface area contributed by atoms with Crippen molar-refractivity contribution in [3.05, 3.63) is 29.1 Å². The normalized spacial score (nSPS) is 21.0. The van der Waals surface area contributed by atoms with E-state index in [9.17, 15) is 9.90 Å². The molecule has 2 N–H and O–H groups in total. The fraction of sp³-hybridized carbons (Fsp3) is 0.667. The van der Waals surface area contributed by atoms with E-state index in [-0.39, 0.29) is 17.4 Å². The van der Waals surface area contributed by atoms with E-state index in [1.165, 1.54) is 12.0 Å². The molecule has 0 aliphatic heterocycles. The van der Waals surface area contributed by atoms with Gasteiger partial charge in [0.25, 0.3) is 5.91 Å². The minimum absolute atomic E-state index is 0.130. The summed E-state index contributed by atoms with van der Waals surface area (Å²) in [6.45, 7) is 5.02. The number of hydrogen-bond acceptors (Lipinski definition) is 3. The molecule has 0 radical (unpaired) electrons. The number of fused-ring (bicyclic) bond motifs is 1. The fourth-order valence-electron chi connectivity index (χ4n) is 3.19. The van der Waals surface area contributed by atoms with Gasteiger partial charge in [0, 0.05) is 12.2 Å². The summed E-state index contributed by atoms with van der Waals surface area (Å²) in [4.78, 5) is 16.8. The molecule has 22 heavy (non-hydrogen) atoms. The van der Waals surface area contributed by atoms with Crippen molar-refractivity contribution in [3.8, 4) is 0 Å². The Labute approximate surface area is 132 Å². The number of aliphatic hydroxyl groups is 1. The van der Waals surface area contributed by atoms with Crippen molar-refractivity contribution in [1.82, 2.24) is 10.3 Å². The minimum Gasteiger partial charge on any atom is -0.393 e. The number of carbonyl (C=O) groups excluding carboxylic acids is 1. The summed E-state index contributed by atoms with van der Waals surface area (Å²) >= 11 is 0. The molecule has 4 heteroatoms. The molecule has 0 unspecified atom stereocenters. The maximum atomic E-state index is 12.2. The summed E-state index contributed by atoms with van der Waals surface area (Å²) in [7, 11) is 0. The summed E-state index contributed by atoms with van der Waals surface area (Å²) in [6.07, 6.45) is 5.77. The molecule has 0 bridgehead atoms. The Kier molecular flexibility index (Phi) is 4.22. The largest absolute Gasteiger partial charge is 0.393 e. The second-order valence-electron chi connectivity index (χ2n) is 7.59. The Morgan fingerprint density at radius 2 is 2.23 bits per heavy atom. The van der Waals surface area contributed by atoms with Crippen LogP contribution in [0.4, 0.5) is 0 Å². The van der Waals surface area contributed by atoms with Crippen LogP contribution in [0.2, 0.25) is 0 Å². The number of amides is 1. The van der Waals surface area contributed by atoms with Gasteiger partial charge in [-0.25, -0.2) is 4.98 Å². The first-order valence-corrected chi connectivity index (χ1v) is 8.40. The summed E-state index contributed by atoms with van der Waals surface area (Å²) in [5.74, 6) is 0.329. The quantitative estimate of drug-likeness (QED) is 0.878. The predicted octanol–water partition coefficient (Wildman–Crippen LogP) is 2.49. The molecule has 120 valence electrons. The van der Waals surface area contributed by atoms with Gasteiger partial charge in [0.15, 0.2) is 0 Å². The summed E-state index contributed by atoms with van der Waals surface area (Å²) in [5.41, 5.74) is 3.11. The van der Waals surface area contributed by atoms with Crippen LogP contribution in [0.5, 0.6) is 0 Å². The number of nitrogens with zero attached hydrogens (tertiary/aromatic N) is 1. The highest BCUT2D eigenvalue weighted by molar-refractivity contribution is 5.92. The van der Waals surface area contributed by atoms with E-state index in [4.69, 9.17) is 0 Å². The van der Waals surface area contributed by atoms with Crippen LogP contribution in [0.1, 0.15) is 61.3 Å². The van der Waals surface area contributed by atoms with E-state index in [1.54, 1.807) is 0 Å². The minimum atomic E-state index is -0.266. The van der Waals surface area contributed by atoms with Crippen LogP contribution >= 0.6 is 0 Å². The molecular formula is C18H26N2O2. The van der Waals surface area contributed by atoms with E-state index >= 15 is 0 Å². The van der Waals surface area contributed by atoms with Crippen LogP contribution in [0.3, 0.4) is 0 Å². The average molecular weight is 302 g/mol. The highest BCUT2D eigenvalue weighted by atomic mass is 16.3. The molecule has 3 rings (SSSR count). The van der Waals surface area contributed by atoms with Gasteiger partial charge >= 0.3 is 0 Å². The maximum Gasteiger partial charge on any atom is 0.269 e. The zero-order chi connectivity index (χ0) is 15.7. The van der Waals surface area contributed by atoms with Gasteiger partial charge < -0.3 is 10.4 Å². The van der Waals surface area contributed by atoms with E-state index in [2.05, 4.69) is 24.1 Å². The maximum absolute atomic E-state index is 12.2. The molecule has 0 aromatic carbocycles. The molecule has 1 amide bonds. The first-order chi connectivity index (χ1) is 10.4. The Bertz CT molecular complexity index is 564. The number of aliphatic hydroxyl groups excluding tert-OH is 1. The van der Waals surface area contributed by atoms with Crippen molar-refractivity contribution in [1.29, 1.82) is 0 Å². The van der Waals surface area contributed by atoms with Gasteiger partial charge in [-0.15, -0.1) is 0 Å². The topological polar surface area (TPSA) is 62.2 Å². The number of rotatable bonds is 5. The third kappa shape index (κ3) is 3.67. The Morgan fingerprint density at radius 1 is 1.45 bits per heavy atom. The highest BCUT2D eigenvalue weighted by Gasteiger charge is 2.29. The second kappa shape index (κ2) is 5.99. The van der Waals surface area contributed by atoms with Crippen LogP contribution in [-0.2, 0) is 12.8 Å². The molecule has 2 aliphatic rings. The molecule has 4 nitrogen and oxygen atoms in total. The third-order valence-corrected chi connectivity index (χ3v) is 4.91. The standard InChI is InChI=1S/C18H26N2O2/c1-18(2)9-7-12-5-6-14(20-15(12)11-18)17(22)19-10-8-16(21)13-3-4-13/h5-6,13,16,21H,3-4,7-11H2,1-2H3,(H,19,22)/t16-/m1/s1. The predicted molar refractivity (Wildman–Crippen MR) is 85.7 cm³/mol. The zero-order valence-corrected chi connectivity index (χ0v) is 13.6. The molecule has 1 saturated carbocycles. The van der Waals surface area contributed by atoms with Gasteiger partial charge in [0.2, 0.25) is 0 Å². The lowest BCUT2D eigenvalue weighted by molar-refractivity contribution is 0.0931. The molecular weight excluding hydrogens is 276 g/mol. The Hall–Kier alpha value is -1.42. The number of nitrogens with one attached hydrogen (secondary N) is 1. The van der Waals surface area contributed by atoms with Crippen LogP contribution in [-0.4, -0.2) is 28.6 Å². The number of aryl methyl sites for hydroxylation is 1. The molecule has 1 atom stereocenters. The number of aromatic nitrogens is 1. The Morgan fingerprint density at radius 3 is 2.95 bits per heavy atom. The zero-order valence-electron chi connectivity index (χ0n) is 13.6. The highest BCUT2D eigenvalue weighted by Crippen LogP contribution is 2.34. The van der Waals surface area contributed by atoms with Crippen molar-refractivity contribution < 1.29 is 9.90 Å². The first-order valence-electron chi connectivity index (χ1n) is 8.40. The second-order valence-corrected chi connectivity index (χ2v) is 7.59. The molecule has 0 spiro atoms. The van der Waals surface area contributed by atoms with E-state index in [1.807, 2.05) is 12.1 Å². The molecule has 1 heterocycles. The van der Waals surface area contributed by atoms with Crippen LogP contribution in [0.25, 0.3) is 0 Å². The van der Waals surface area contributed by atoms with Gasteiger partial charge in [-0.2, -0.15) is 0 Å². The van der Waals surface area contributed by atoms with Gasteiger partial charge in [0.1, 0.15) is 5.69 Å². The van der Waals surface area contributed by atoms with Crippen LogP contribution in [0, 0.1) is 11.3 Å². The average Bonchev–Trinajstić information content (AvgIpc) is 3.29. The summed E-state index contributed by atoms with van der Waals surface area (Å²) < 4.78 is 0. The van der Waals surface area contributed by atoms with Gasteiger partial charge in [-0.05, 0) is 61.5 Å². The number of pyridine rings is 1. The summed E-state index contributed by atoms with van der Waals surface area (Å²) in [5, 5.41) is 12.7. The monoisotopic (exact) mass is 302 g/mol. The van der Waals surface area contributed by atoms with Gasteiger partial charge in [0.05, 0.1) is 6.10 Å². The number of hydrogen-bond donors (Lipinski definition) is 2. The van der Waals surface area contributed by atoms with E-state index < -0.39 is 0 Å². The molecule has 1 fully saturated rings. The number of carbonyl (C=O) groups is 1. The van der Waals surface area contributed by atoms with Crippen molar-refractivity contribution >= 4 is 5.91 Å². The van der Waals surface area contributed by atoms with Crippen molar-refractivity contribution in [2.75, 3.05) is 6.54 Å². The molecule has 2 aliphatic carbocycles. The lowest BCUT2D eigenvalue weighted by atomic mass is 9.76. The van der Waals surface area contributed by atoms with Crippen molar-refractivity contribution in [2.45, 2.75) is 58.5 Å².